The van der Waals surface area contributed by atoms with Crippen LogP contribution in [-0.4, -0.2) is 28.4 Å². The third-order valence-corrected chi connectivity index (χ3v) is 3.11. The highest BCUT2D eigenvalue weighted by Gasteiger charge is 2.32. The highest BCUT2D eigenvalue weighted by Crippen LogP contribution is 2.16. The van der Waals surface area contributed by atoms with Gasteiger partial charge in [0, 0.05) is 13.1 Å². The van der Waals surface area contributed by atoms with Gasteiger partial charge in [-0.1, -0.05) is 44.2 Å². The number of nitrogens with zero attached hydrogens (tertiary/aromatic N) is 1. The van der Waals surface area contributed by atoms with Gasteiger partial charge in [0.25, 0.3) is 0 Å². The summed E-state index contributed by atoms with van der Waals surface area (Å²) >= 11 is 0. The van der Waals surface area contributed by atoms with Crippen LogP contribution in [0.2, 0.25) is 0 Å². The van der Waals surface area contributed by atoms with Crippen LogP contribution >= 0.6 is 0 Å². The minimum atomic E-state index is -1.05. The monoisotopic (exact) mass is 263 g/mol. The quantitative estimate of drug-likeness (QED) is 0.802. The van der Waals surface area contributed by atoms with Gasteiger partial charge in [-0.05, 0) is 18.4 Å². The number of carboxylic acids is 1. The van der Waals surface area contributed by atoms with Crippen LogP contribution in [0.25, 0.3) is 0 Å². The van der Waals surface area contributed by atoms with Crippen molar-refractivity contribution in [1.82, 2.24) is 4.90 Å². The molecule has 0 aliphatic carbocycles. The van der Waals surface area contributed by atoms with Crippen molar-refractivity contribution in [3.63, 3.8) is 0 Å². The Morgan fingerprint density at radius 2 is 1.79 bits per heavy atom. The number of benzene rings is 1. The fourth-order valence-electron chi connectivity index (χ4n) is 2.02. The number of hydrogen-bond acceptors (Lipinski definition) is 2. The zero-order valence-corrected chi connectivity index (χ0v) is 11.7. The normalized spacial score (nSPS) is 12.2. The number of carbonyl (C=O) groups excluding carboxylic acids is 1. The Balaban J connectivity index is 2.84. The van der Waals surface area contributed by atoms with Crippen molar-refractivity contribution in [2.75, 3.05) is 6.54 Å². The zero-order valence-electron chi connectivity index (χ0n) is 11.7. The van der Waals surface area contributed by atoms with Crippen molar-refractivity contribution in [2.45, 2.75) is 27.3 Å². The van der Waals surface area contributed by atoms with E-state index in [0.717, 1.165) is 5.56 Å². The molecule has 1 unspecified atom stereocenters. The Labute approximate surface area is 114 Å². The highest BCUT2D eigenvalue weighted by molar-refractivity contribution is 5.97. The van der Waals surface area contributed by atoms with Crippen LogP contribution < -0.4 is 0 Å². The standard InChI is InChI=1S/C15H21NO3/c1-4-16(10-12-8-6-5-7-9-12)14(17)13(11(2)3)15(18)19/h5-9,11,13H,4,10H2,1-3H3,(H,18,19). The Morgan fingerprint density at radius 3 is 2.21 bits per heavy atom. The van der Waals surface area contributed by atoms with Gasteiger partial charge in [0.1, 0.15) is 5.92 Å². The molecular weight excluding hydrogens is 242 g/mol. The number of hydrogen-bond donors (Lipinski definition) is 1. The summed E-state index contributed by atoms with van der Waals surface area (Å²) in [5.74, 6) is -2.54. The second kappa shape index (κ2) is 6.92. The average molecular weight is 263 g/mol. The molecular formula is C15H21NO3. The van der Waals surface area contributed by atoms with Crippen LogP contribution in [0.15, 0.2) is 30.3 Å². The fraction of sp³-hybridized carbons (Fsp3) is 0.467. The van der Waals surface area contributed by atoms with E-state index in [1.807, 2.05) is 37.3 Å². The third kappa shape index (κ3) is 4.09. The Kier molecular flexibility index (Phi) is 5.55. The molecule has 1 aromatic rings. The Hall–Kier alpha value is -1.84. The first-order valence-electron chi connectivity index (χ1n) is 6.52. The maximum absolute atomic E-state index is 12.3. The van der Waals surface area contributed by atoms with Gasteiger partial charge >= 0.3 is 5.97 Å². The third-order valence-electron chi connectivity index (χ3n) is 3.11. The molecule has 4 heteroatoms. The molecule has 0 radical (unpaired) electrons. The molecule has 0 saturated heterocycles. The van der Waals surface area contributed by atoms with Crippen molar-refractivity contribution in [3.8, 4) is 0 Å². The van der Waals surface area contributed by atoms with E-state index in [2.05, 4.69) is 0 Å². The summed E-state index contributed by atoms with van der Waals surface area (Å²) in [6.07, 6.45) is 0. The predicted octanol–water partition coefficient (Wildman–Crippen LogP) is 2.39. The van der Waals surface area contributed by atoms with Crippen LogP contribution in [0, 0.1) is 11.8 Å². The SMILES string of the molecule is CCN(Cc1ccccc1)C(=O)C(C(=O)O)C(C)C. The van der Waals surface area contributed by atoms with Gasteiger partial charge in [-0.25, -0.2) is 0 Å². The van der Waals surface area contributed by atoms with Crippen LogP contribution in [0.3, 0.4) is 0 Å². The van der Waals surface area contributed by atoms with Crippen molar-refractivity contribution in [1.29, 1.82) is 0 Å². The van der Waals surface area contributed by atoms with E-state index in [1.54, 1.807) is 18.7 Å². The molecule has 19 heavy (non-hydrogen) atoms. The lowest BCUT2D eigenvalue weighted by molar-refractivity contribution is -0.153. The van der Waals surface area contributed by atoms with Crippen LogP contribution in [-0.2, 0) is 16.1 Å². The molecule has 0 aromatic heterocycles. The van der Waals surface area contributed by atoms with E-state index in [0.29, 0.717) is 13.1 Å². The van der Waals surface area contributed by atoms with Gasteiger partial charge in [-0.2, -0.15) is 0 Å². The van der Waals surface area contributed by atoms with E-state index in [-0.39, 0.29) is 11.8 Å². The predicted molar refractivity (Wildman–Crippen MR) is 73.5 cm³/mol. The van der Waals surface area contributed by atoms with Gasteiger partial charge in [0.05, 0.1) is 0 Å². The number of carbonyl (C=O) groups is 2. The van der Waals surface area contributed by atoms with Gasteiger partial charge < -0.3 is 10.0 Å². The average Bonchev–Trinajstić information content (AvgIpc) is 2.36. The first-order chi connectivity index (χ1) is 8.97. The van der Waals surface area contributed by atoms with E-state index in [4.69, 9.17) is 0 Å². The topological polar surface area (TPSA) is 57.6 Å². The van der Waals surface area contributed by atoms with Gasteiger partial charge in [-0.3, -0.25) is 9.59 Å². The second-order valence-electron chi connectivity index (χ2n) is 4.90. The number of rotatable bonds is 6. The molecule has 1 rings (SSSR count). The first kappa shape index (κ1) is 15.2. The maximum Gasteiger partial charge on any atom is 0.316 e. The minimum Gasteiger partial charge on any atom is -0.481 e. The molecule has 1 amide bonds. The minimum absolute atomic E-state index is 0.213. The molecule has 1 atom stereocenters. The van der Waals surface area contributed by atoms with Gasteiger partial charge in [-0.15, -0.1) is 0 Å². The van der Waals surface area contributed by atoms with Crippen LogP contribution in [0.1, 0.15) is 26.3 Å². The molecule has 0 aliphatic heterocycles. The smallest absolute Gasteiger partial charge is 0.316 e. The summed E-state index contributed by atoms with van der Waals surface area (Å²) in [5, 5.41) is 9.18. The van der Waals surface area contributed by atoms with Crippen molar-refractivity contribution in [2.24, 2.45) is 11.8 Å². The first-order valence-corrected chi connectivity index (χ1v) is 6.52. The summed E-state index contributed by atoms with van der Waals surface area (Å²) in [5.41, 5.74) is 1.01. The molecule has 1 aromatic carbocycles. The zero-order chi connectivity index (χ0) is 14.4. The Bertz CT molecular complexity index is 428. The fourth-order valence-corrected chi connectivity index (χ4v) is 2.02. The summed E-state index contributed by atoms with van der Waals surface area (Å²) in [6, 6.07) is 9.59. The van der Waals surface area contributed by atoms with E-state index >= 15 is 0 Å². The number of aliphatic carboxylic acids is 1. The van der Waals surface area contributed by atoms with Crippen LogP contribution in [0.4, 0.5) is 0 Å². The van der Waals surface area contributed by atoms with E-state index < -0.39 is 11.9 Å². The molecule has 4 nitrogen and oxygen atoms in total. The maximum atomic E-state index is 12.3. The van der Waals surface area contributed by atoms with Crippen molar-refractivity contribution < 1.29 is 14.7 Å². The van der Waals surface area contributed by atoms with Crippen molar-refractivity contribution >= 4 is 11.9 Å². The lowest BCUT2D eigenvalue weighted by Crippen LogP contribution is -2.41. The lowest BCUT2D eigenvalue weighted by Gasteiger charge is -2.26. The second-order valence-corrected chi connectivity index (χ2v) is 4.90. The molecule has 1 N–H and O–H groups in total. The van der Waals surface area contributed by atoms with Gasteiger partial charge in [0.15, 0.2) is 0 Å². The Morgan fingerprint density at radius 1 is 1.21 bits per heavy atom. The molecule has 0 bridgehead atoms. The molecule has 0 heterocycles. The molecule has 0 spiro atoms. The molecule has 0 aliphatic rings. The molecule has 104 valence electrons. The van der Waals surface area contributed by atoms with Crippen molar-refractivity contribution in [3.05, 3.63) is 35.9 Å². The van der Waals surface area contributed by atoms with Gasteiger partial charge in [0.2, 0.25) is 5.91 Å². The summed E-state index contributed by atoms with van der Waals surface area (Å²) in [6.45, 7) is 6.33. The summed E-state index contributed by atoms with van der Waals surface area (Å²) in [7, 11) is 0. The number of carboxylic acid groups (broad SMARTS) is 1. The van der Waals surface area contributed by atoms with E-state index in [9.17, 15) is 14.7 Å². The number of amides is 1. The summed E-state index contributed by atoms with van der Waals surface area (Å²) < 4.78 is 0. The largest absolute Gasteiger partial charge is 0.481 e. The molecule has 0 saturated carbocycles. The lowest BCUT2D eigenvalue weighted by atomic mass is 9.94. The highest BCUT2D eigenvalue weighted by atomic mass is 16.4. The summed E-state index contributed by atoms with van der Waals surface area (Å²) in [4.78, 5) is 25.1. The molecule has 0 fully saturated rings. The van der Waals surface area contributed by atoms with Crippen LogP contribution in [0.5, 0.6) is 0 Å². The van der Waals surface area contributed by atoms with E-state index in [1.165, 1.54) is 0 Å².